The molecule has 0 radical (unpaired) electrons. The summed E-state index contributed by atoms with van der Waals surface area (Å²) in [5.74, 6) is 0.962. The van der Waals surface area contributed by atoms with Gasteiger partial charge in [-0.2, -0.15) is 0 Å². The molecule has 0 fully saturated rings. The predicted molar refractivity (Wildman–Crippen MR) is 124 cm³/mol. The van der Waals surface area contributed by atoms with Crippen LogP contribution in [-0.4, -0.2) is 71.4 Å². The van der Waals surface area contributed by atoms with Crippen molar-refractivity contribution >= 4 is 5.84 Å². The maximum Gasteiger partial charge on any atom is 0.204 e. The minimum atomic E-state index is -0.425. The van der Waals surface area contributed by atoms with E-state index in [4.69, 9.17) is 0 Å². The second-order valence-electron chi connectivity index (χ2n) is 9.00. The molecule has 29 heavy (non-hydrogen) atoms. The summed E-state index contributed by atoms with van der Waals surface area (Å²) >= 11 is 0. The maximum absolute atomic E-state index is 10.7. The molecule has 0 aromatic carbocycles. The van der Waals surface area contributed by atoms with Crippen LogP contribution in [0.4, 0.5) is 0 Å². The summed E-state index contributed by atoms with van der Waals surface area (Å²) < 4.78 is 0.504. The highest BCUT2D eigenvalue weighted by Crippen LogP contribution is 2.25. The molecule has 0 amide bonds. The summed E-state index contributed by atoms with van der Waals surface area (Å²) in [6, 6.07) is 0. The van der Waals surface area contributed by atoms with Gasteiger partial charge in [-0.15, -0.1) is 0 Å². The summed E-state index contributed by atoms with van der Waals surface area (Å²) in [6.07, 6.45) is 16.4. The van der Waals surface area contributed by atoms with Gasteiger partial charge in [0.2, 0.25) is 5.84 Å². The van der Waals surface area contributed by atoms with E-state index in [9.17, 15) is 10.2 Å². The van der Waals surface area contributed by atoms with Crippen LogP contribution in [0.2, 0.25) is 0 Å². The van der Waals surface area contributed by atoms with Gasteiger partial charge in [0.15, 0.2) is 0 Å². The number of allylic oxidation sites excluding steroid dienone is 1. The maximum atomic E-state index is 10.7. The van der Waals surface area contributed by atoms with Crippen molar-refractivity contribution < 1.29 is 14.7 Å². The molecule has 0 aliphatic carbocycles. The minimum Gasteiger partial charge on any atom is -0.390 e. The van der Waals surface area contributed by atoms with E-state index in [2.05, 4.69) is 23.9 Å². The third kappa shape index (κ3) is 9.73. The van der Waals surface area contributed by atoms with Crippen molar-refractivity contribution in [2.24, 2.45) is 4.99 Å². The first-order valence-electron chi connectivity index (χ1n) is 12.0. The molecule has 0 aromatic rings. The first kappa shape index (κ1) is 26.3. The number of aliphatic hydroxyl groups excluding tert-OH is 2. The molecule has 1 rings (SSSR count). The summed E-state index contributed by atoms with van der Waals surface area (Å²) in [5, 5.41) is 20.2. The number of rotatable bonds is 18. The Morgan fingerprint density at radius 2 is 1.52 bits per heavy atom. The lowest BCUT2D eigenvalue weighted by atomic mass is 10.1. The minimum absolute atomic E-state index is 0.0966. The van der Waals surface area contributed by atoms with Gasteiger partial charge in [0, 0.05) is 20.4 Å². The lowest BCUT2D eigenvalue weighted by molar-refractivity contribution is -0.805. The van der Waals surface area contributed by atoms with Gasteiger partial charge in [-0.3, -0.25) is 0 Å². The zero-order valence-corrected chi connectivity index (χ0v) is 19.7. The van der Waals surface area contributed by atoms with E-state index in [1.54, 1.807) is 0 Å². The number of aliphatic imine (C=N–C) groups is 1. The van der Waals surface area contributed by atoms with Crippen molar-refractivity contribution in [3.8, 4) is 0 Å². The molecular formula is C24H48N3O2+. The van der Waals surface area contributed by atoms with E-state index in [0.717, 1.165) is 18.1 Å². The zero-order valence-electron chi connectivity index (χ0n) is 19.7. The van der Waals surface area contributed by atoms with E-state index in [1.165, 1.54) is 70.6 Å². The van der Waals surface area contributed by atoms with Gasteiger partial charge in [-0.25, -0.2) is 9.48 Å². The third-order valence-corrected chi connectivity index (χ3v) is 6.40. The van der Waals surface area contributed by atoms with E-state index in [-0.39, 0.29) is 6.61 Å². The Hall–Kier alpha value is -0.750. The first-order valence-corrected chi connectivity index (χ1v) is 12.0. The topological polar surface area (TPSA) is 56.1 Å². The van der Waals surface area contributed by atoms with E-state index < -0.39 is 6.10 Å². The molecule has 1 aliphatic heterocycles. The Labute approximate surface area is 180 Å². The Kier molecular flexibility index (Phi) is 13.7. The monoisotopic (exact) mass is 410 g/mol. The van der Waals surface area contributed by atoms with Crippen LogP contribution in [0.3, 0.4) is 0 Å². The Morgan fingerprint density at radius 3 is 2.00 bits per heavy atom. The van der Waals surface area contributed by atoms with Crippen LogP contribution >= 0.6 is 0 Å². The molecule has 5 heteroatoms. The van der Waals surface area contributed by atoms with Crippen molar-refractivity contribution in [1.29, 1.82) is 0 Å². The molecule has 2 atom stereocenters. The number of amidine groups is 1. The fourth-order valence-electron chi connectivity index (χ4n) is 4.45. The number of hydrogen-bond acceptors (Lipinski definition) is 4. The van der Waals surface area contributed by atoms with Crippen LogP contribution in [0.25, 0.3) is 0 Å². The average Bonchev–Trinajstić information content (AvgIpc) is 2.94. The number of aliphatic hydroxyl groups is 2. The highest BCUT2D eigenvalue weighted by molar-refractivity contribution is 5.76. The lowest BCUT2D eigenvalue weighted by Gasteiger charge is -2.36. The van der Waals surface area contributed by atoms with Crippen LogP contribution in [0, 0.1) is 0 Å². The van der Waals surface area contributed by atoms with Crippen LogP contribution in [0.15, 0.2) is 16.9 Å². The summed E-state index contributed by atoms with van der Waals surface area (Å²) in [7, 11) is 2.10. The molecule has 0 bridgehead atoms. The van der Waals surface area contributed by atoms with Gasteiger partial charge in [-0.1, -0.05) is 71.1 Å². The van der Waals surface area contributed by atoms with Gasteiger partial charge in [0.1, 0.15) is 24.9 Å². The molecule has 0 aromatic heterocycles. The number of unbranched alkanes of at least 4 members (excludes halogenated alkanes) is 10. The Morgan fingerprint density at radius 1 is 0.966 bits per heavy atom. The Bertz CT molecular complexity index is 473. The quantitative estimate of drug-likeness (QED) is 0.254. The highest BCUT2D eigenvalue weighted by atomic mass is 16.3. The second-order valence-corrected chi connectivity index (χ2v) is 9.00. The average molecular weight is 411 g/mol. The number of nitrogens with zero attached hydrogens (tertiary/aromatic N) is 3. The van der Waals surface area contributed by atoms with Crippen LogP contribution in [0.5, 0.6) is 0 Å². The van der Waals surface area contributed by atoms with Crippen LogP contribution < -0.4 is 0 Å². The molecule has 2 unspecified atom stereocenters. The van der Waals surface area contributed by atoms with Crippen molar-refractivity contribution in [1.82, 2.24) is 4.90 Å². The van der Waals surface area contributed by atoms with Crippen molar-refractivity contribution in [3.05, 3.63) is 11.9 Å². The van der Waals surface area contributed by atoms with Crippen LogP contribution in [0.1, 0.15) is 91.4 Å². The fourth-order valence-corrected chi connectivity index (χ4v) is 4.45. The van der Waals surface area contributed by atoms with Gasteiger partial charge < -0.3 is 15.1 Å². The summed E-state index contributed by atoms with van der Waals surface area (Å²) in [4.78, 5) is 6.67. The first-order chi connectivity index (χ1) is 14.0. The number of likely N-dealkylation sites (N-methyl/N-ethyl adjacent to an activating group) is 1. The molecule has 1 aliphatic rings. The third-order valence-electron chi connectivity index (χ3n) is 6.40. The van der Waals surface area contributed by atoms with E-state index in [0.29, 0.717) is 24.1 Å². The smallest absolute Gasteiger partial charge is 0.204 e. The van der Waals surface area contributed by atoms with Crippen LogP contribution in [-0.2, 0) is 0 Å². The molecule has 0 spiro atoms. The molecule has 0 saturated heterocycles. The van der Waals surface area contributed by atoms with E-state index >= 15 is 0 Å². The normalized spacial score (nSPS) is 20.2. The molecule has 0 saturated carbocycles. The molecule has 170 valence electrons. The van der Waals surface area contributed by atoms with Gasteiger partial charge in [-0.05, 0) is 20.0 Å². The van der Waals surface area contributed by atoms with Crippen molar-refractivity contribution in [2.45, 2.75) is 97.5 Å². The lowest BCUT2D eigenvalue weighted by Crippen LogP contribution is -2.55. The Balaban J connectivity index is 2.13. The number of quaternary nitrogens is 1. The van der Waals surface area contributed by atoms with Gasteiger partial charge in [0.05, 0.1) is 12.8 Å². The van der Waals surface area contributed by atoms with Crippen molar-refractivity contribution in [2.75, 3.05) is 39.8 Å². The summed E-state index contributed by atoms with van der Waals surface area (Å²) in [5.41, 5.74) is 1.10. The summed E-state index contributed by atoms with van der Waals surface area (Å²) in [6.45, 7) is 9.27. The van der Waals surface area contributed by atoms with Gasteiger partial charge in [0.25, 0.3) is 0 Å². The second kappa shape index (κ2) is 15.1. The molecule has 5 nitrogen and oxygen atoms in total. The van der Waals surface area contributed by atoms with E-state index in [1.807, 2.05) is 20.0 Å². The molecule has 2 N–H and O–H groups in total. The predicted octanol–water partition coefficient (Wildman–Crippen LogP) is 4.69. The fraction of sp³-hybridized carbons (Fsp3) is 0.875. The standard InChI is InChI=1S/C24H48N3O2/c1-5-6-7-8-9-10-11-12-13-14-15-16-26(4)20-24(29)21-27(17-18-28)22(2)19-25-23(27)3/h19,24,28-29H,5-18,20-21H2,1-4H3/q+1. The number of hydrogen-bond donors (Lipinski definition) is 2. The zero-order chi connectivity index (χ0) is 21.5. The van der Waals surface area contributed by atoms with Crippen molar-refractivity contribution in [3.63, 3.8) is 0 Å². The SMILES string of the molecule is CCCCCCCCCCCCCN(C)CC(O)C[N+]1(CCO)C(C)=CN=C1C. The van der Waals surface area contributed by atoms with Gasteiger partial charge >= 0.3 is 0 Å². The highest BCUT2D eigenvalue weighted by Gasteiger charge is 2.39. The molecule has 1 heterocycles. The molecular weight excluding hydrogens is 362 g/mol. The largest absolute Gasteiger partial charge is 0.390 e.